The molecular weight excluding hydrogens is 292 g/mol. The van der Waals surface area contributed by atoms with Crippen LogP contribution >= 0.6 is 0 Å². The van der Waals surface area contributed by atoms with Crippen LogP contribution in [0.25, 0.3) is 27.6 Å². The van der Waals surface area contributed by atoms with Gasteiger partial charge in [-0.15, -0.1) is 0 Å². The van der Waals surface area contributed by atoms with Gasteiger partial charge in [-0.25, -0.2) is 4.57 Å². The first-order valence-corrected chi connectivity index (χ1v) is 8.45. The maximum absolute atomic E-state index is 2.41. The van der Waals surface area contributed by atoms with Gasteiger partial charge in [0.25, 0.3) is 5.82 Å². The van der Waals surface area contributed by atoms with E-state index in [2.05, 4.69) is 92.5 Å². The van der Waals surface area contributed by atoms with Crippen molar-refractivity contribution < 1.29 is 4.57 Å². The summed E-state index contributed by atoms with van der Waals surface area (Å²) in [7, 11) is 2.12. The van der Waals surface area contributed by atoms with Gasteiger partial charge in [0.2, 0.25) is 0 Å². The molecule has 0 N–H and O–H groups in total. The van der Waals surface area contributed by atoms with E-state index in [9.17, 15) is 0 Å². The zero-order chi connectivity index (χ0) is 17.0. The summed E-state index contributed by atoms with van der Waals surface area (Å²) in [5.74, 6) is 1.19. The van der Waals surface area contributed by atoms with Crippen LogP contribution in [0.4, 0.5) is 0 Å². The van der Waals surface area contributed by atoms with E-state index < -0.39 is 0 Å². The normalized spacial score (nSPS) is 11.5. The Balaban J connectivity index is 2.25. The average Bonchev–Trinajstić information content (AvgIpc) is 2.85. The summed E-state index contributed by atoms with van der Waals surface area (Å²) >= 11 is 0. The smallest absolute Gasteiger partial charge is 0.236 e. The minimum Gasteiger partial charge on any atom is -0.236 e. The number of fused-ring (bicyclic) bond motifs is 3. The van der Waals surface area contributed by atoms with Gasteiger partial charge in [-0.2, -0.15) is 4.57 Å². The summed E-state index contributed by atoms with van der Waals surface area (Å²) in [6.07, 6.45) is 2.19. The van der Waals surface area contributed by atoms with Gasteiger partial charge in [-0.1, -0.05) is 17.7 Å². The Morgan fingerprint density at radius 1 is 0.792 bits per heavy atom. The molecule has 0 saturated heterocycles. The van der Waals surface area contributed by atoms with Crippen molar-refractivity contribution >= 4 is 21.8 Å². The number of pyridine rings is 1. The molecule has 0 radical (unpaired) electrons. The molecule has 0 spiro atoms. The lowest BCUT2D eigenvalue weighted by Crippen LogP contribution is -2.33. The highest BCUT2D eigenvalue weighted by Gasteiger charge is 2.22. The predicted octanol–water partition coefficient (Wildman–Crippen LogP) is 4.84. The topological polar surface area (TPSA) is 8.81 Å². The third-order valence-electron chi connectivity index (χ3n) is 5.09. The van der Waals surface area contributed by atoms with Crippen molar-refractivity contribution in [2.45, 2.75) is 27.7 Å². The van der Waals surface area contributed by atoms with Crippen LogP contribution < -0.4 is 4.57 Å². The monoisotopic (exact) mass is 315 g/mol. The molecule has 2 nitrogen and oxygen atoms in total. The summed E-state index contributed by atoms with van der Waals surface area (Å²) < 4.78 is 4.63. The van der Waals surface area contributed by atoms with E-state index in [4.69, 9.17) is 0 Å². The molecule has 2 aromatic carbocycles. The molecule has 0 aliphatic heterocycles. The Hall–Kier alpha value is -2.61. The van der Waals surface area contributed by atoms with Crippen LogP contribution in [-0.2, 0) is 7.05 Å². The van der Waals surface area contributed by atoms with Gasteiger partial charge in [0, 0.05) is 16.8 Å². The Kier molecular flexibility index (Phi) is 3.24. The van der Waals surface area contributed by atoms with Crippen LogP contribution in [-0.4, -0.2) is 4.57 Å². The maximum Gasteiger partial charge on any atom is 0.286 e. The third-order valence-corrected chi connectivity index (χ3v) is 5.09. The van der Waals surface area contributed by atoms with Gasteiger partial charge >= 0.3 is 0 Å². The zero-order valence-electron chi connectivity index (χ0n) is 15.0. The van der Waals surface area contributed by atoms with E-state index >= 15 is 0 Å². The number of nitrogens with zero attached hydrogens (tertiary/aromatic N) is 2. The second-order valence-electron chi connectivity index (χ2n) is 6.94. The second kappa shape index (κ2) is 5.20. The number of aryl methyl sites for hydroxylation is 5. The van der Waals surface area contributed by atoms with E-state index in [1.54, 1.807) is 0 Å². The van der Waals surface area contributed by atoms with Crippen molar-refractivity contribution in [1.82, 2.24) is 4.57 Å². The zero-order valence-corrected chi connectivity index (χ0v) is 15.0. The molecule has 4 rings (SSSR count). The Morgan fingerprint density at radius 2 is 1.54 bits per heavy atom. The average molecular weight is 315 g/mol. The van der Waals surface area contributed by atoms with Crippen molar-refractivity contribution in [1.29, 1.82) is 0 Å². The molecule has 4 aromatic rings. The Bertz CT molecular complexity index is 1100. The van der Waals surface area contributed by atoms with E-state index in [1.807, 2.05) is 0 Å². The Labute approximate surface area is 143 Å². The van der Waals surface area contributed by atoms with E-state index in [0.717, 1.165) is 0 Å². The number of rotatable bonds is 1. The minimum atomic E-state index is 1.19. The highest BCUT2D eigenvalue weighted by molar-refractivity contribution is 6.10. The van der Waals surface area contributed by atoms with E-state index in [-0.39, 0.29) is 0 Å². The van der Waals surface area contributed by atoms with Crippen LogP contribution in [0.3, 0.4) is 0 Å². The van der Waals surface area contributed by atoms with Gasteiger partial charge in [0.05, 0.1) is 13.2 Å². The van der Waals surface area contributed by atoms with Crippen molar-refractivity contribution in [2.75, 3.05) is 0 Å². The molecule has 2 heterocycles. The summed E-state index contributed by atoms with van der Waals surface area (Å²) in [6.45, 7) is 8.72. The molecule has 0 aliphatic carbocycles. The van der Waals surface area contributed by atoms with Gasteiger partial charge in [-0.3, -0.25) is 0 Å². The predicted molar refractivity (Wildman–Crippen MR) is 101 cm³/mol. The summed E-state index contributed by atoms with van der Waals surface area (Å²) in [5, 5.41) is 2.66. The first kappa shape index (κ1) is 14.9. The van der Waals surface area contributed by atoms with Gasteiger partial charge in [0.1, 0.15) is 11.0 Å². The highest BCUT2D eigenvalue weighted by Crippen LogP contribution is 2.34. The highest BCUT2D eigenvalue weighted by atomic mass is 15.1. The summed E-state index contributed by atoms with van der Waals surface area (Å²) in [4.78, 5) is 0. The second-order valence-corrected chi connectivity index (χ2v) is 6.94. The van der Waals surface area contributed by atoms with Crippen molar-refractivity contribution in [3.8, 4) is 5.82 Å². The molecule has 0 fully saturated rings. The molecule has 0 saturated carbocycles. The van der Waals surface area contributed by atoms with Gasteiger partial charge in [-0.05, 0) is 68.7 Å². The Morgan fingerprint density at radius 3 is 2.29 bits per heavy atom. The maximum atomic E-state index is 2.41. The SMILES string of the molecule is Cc1ccc2c(c1)c1ccc(C)c(C)c1n2-c1ccc(C)c[n+]1C. The standard InChI is InChI=1S/C22H23N2/c1-14-6-10-20-19(12-14)18-9-8-16(3)17(4)22(18)24(20)21-11-7-15(2)13-23(21)5/h6-13H,1-5H3/q+1. The number of benzene rings is 2. The first-order valence-electron chi connectivity index (χ1n) is 8.45. The molecule has 120 valence electrons. The summed E-state index contributed by atoms with van der Waals surface area (Å²) in [5.41, 5.74) is 7.83. The van der Waals surface area contributed by atoms with Gasteiger partial charge in [0.15, 0.2) is 0 Å². The van der Waals surface area contributed by atoms with Crippen LogP contribution in [0, 0.1) is 27.7 Å². The molecule has 2 heteroatoms. The molecule has 2 aromatic heterocycles. The molecular formula is C22H23N2+. The van der Waals surface area contributed by atoms with Gasteiger partial charge < -0.3 is 0 Å². The van der Waals surface area contributed by atoms with Crippen LogP contribution in [0.2, 0.25) is 0 Å². The molecule has 0 atom stereocenters. The molecule has 0 unspecified atom stereocenters. The third kappa shape index (κ3) is 2.06. The quantitative estimate of drug-likeness (QED) is 0.444. The number of hydrogen-bond acceptors (Lipinski definition) is 0. The molecule has 0 bridgehead atoms. The number of aromatic nitrogens is 2. The fourth-order valence-electron chi connectivity index (χ4n) is 3.70. The lowest BCUT2D eigenvalue weighted by Gasteiger charge is -2.07. The van der Waals surface area contributed by atoms with Crippen LogP contribution in [0.5, 0.6) is 0 Å². The largest absolute Gasteiger partial charge is 0.286 e. The summed E-state index contributed by atoms with van der Waals surface area (Å²) in [6, 6.07) is 15.7. The molecule has 0 aliphatic rings. The van der Waals surface area contributed by atoms with Crippen LogP contribution in [0.1, 0.15) is 22.3 Å². The number of hydrogen-bond donors (Lipinski definition) is 0. The minimum absolute atomic E-state index is 1.19. The van der Waals surface area contributed by atoms with Crippen molar-refractivity contribution in [2.24, 2.45) is 7.05 Å². The molecule has 0 amide bonds. The lowest BCUT2D eigenvalue weighted by atomic mass is 10.0. The lowest BCUT2D eigenvalue weighted by molar-refractivity contribution is -0.665. The first-order chi connectivity index (χ1) is 11.5. The van der Waals surface area contributed by atoms with E-state index in [0.29, 0.717) is 0 Å². The van der Waals surface area contributed by atoms with Crippen LogP contribution in [0.15, 0.2) is 48.7 Å². The van der Waals surface area contributed by atoms with E-state index in [1.165, 1.54) is 49.9 Å². The fraction of sp³-hybridized carbons (Fsp3) is 0.227. The van der Waals surface area contributed by atoms with Crippen molar-refractivity contribution in [3.63, 3.8) is 0 Å². The van der Waals surface area contributed by atoms with Crippen molar-refractivity contribution in [3.05, 3.63) is 70.9 Å². The fourth-order valence-corrected chi connectivity index (χ4v) is 3.70. The molecule has 24 heavy (non-hydrogen) atoms.